The van der Waals surface area contributed by atoms with E-state index in [9.17, 15) is 14.9 Å². The molecule has 2 aromatic rings. The Bertz CT molecular complexity index is 864. The number of aromatic nitrogens is 2. The van der Waals surface area contributed by atoms with E-state index in [0.29, 0.717) is 17.9 Å². The van der Waals surface area contributed by atoms with E-state index in [1.807, 2.05) is 13.8 Å². The summed E-state index contributed by atoms with van der Waals surface area (Å²) < 4.78 is 5.20. The van der Waals surface area contributed by atoms with Gasteiger partial charge in [0.2, 0.25) is 11.6 Å². The summed E-state index contributed by atoms with van der Waals surface area (Å²) in [5.74, 6) is 0.167. The molecule has 1 saturated carbocycles. The fourth-order valence-corrected chi connectivity index (χ4v) is 3.16. The molecule has 0 spiro atoms. The van der Waals surface area contributed by atoms with Gasteiger partial charge in [-0.05, 0) is 43.0 Å². The van der Waals surface area contributed by atoms with E-state index in [4.69, 9.17) is 4.74 Å². The average molecular weight is 399 g/mol. The number of anilines is 3. The zero-order valence-corrected chi connectivity index (χ0v) is 16.6. The molecule has 0 aliphatic heterocycles. The van der Waals surface area contributed by atoms with Gasteiger partial charge in [-0.15, -0.1) is 0 Å². The van der Waals surface area contributed by atoms with Crippen LogP contribution in [0.3, 0.4) is 0 Å². The second kappa shape index (κ2) is 9.31. The van der Waals surface area contributed by atoms with Crippen LogP contribution in [0.25, 0.3) is 0 Å². The Morgan fingerprint density at radius 1 is 1.21 bits per heavy atom. The van der Waals surface area contributed by atoms with Gasteiger partial charge < -0.3 is 15.4 Å². The number of nitrogens with zero attached hydrogens (tertiary/aromatic N) is 3. The third kappa shape index (κ3) is 5.40. The topological polar surface area (TPSA) is 119 Å². The first kappa shape index (κ1) is 20.5. The third-order valence-electron chi connectivity index (χ3n) is 4.63. The number of rotatable bonds is 8. The van der Waals surface area contributed by atoms with Gasteiger partial charge in [0.1, 0.15) is 6.33 Å². The number of esters is 1. The zero-order chi connectivity index (χ0) is 20.8. The second-order valence-corrected chi connectivity index (χ2v) is 7.50. The molecule has 1 aromatic heterocycles. The number of hydrogen-bond acceptors (Lipinski definition) is 8. The summed E-state index contributed by atoms with van der Waals surface area (Å²) in [6, 6.07) is 6.71. The molecule has 1 aliphatic carbocycles. The normalized spacial score (nSPS) is 14.0. The zero-order valence-electron chi connectivity index (χ0n) is 16.6. The van der Waals surface area contributed by atoms with Crippen LogP contribution in [-0.4, -0.2) is 33.5 Å². The first-order valence-corrected chi connectivity index (χ1v) is 9.74. The van der Waals surface area contributed by atoms with Crippen molar-refractivity contribution in [1.82, 2.24) is 9.97 Å². The van der Waals surface area contributed by atoms with Crippen LogP contribution in [0.4, 0.5) is 23.0 Å². The van der Waals surface area contributed by atoms with Gasteiger partial charge in [0.15, 0.2) is 0 Å². The molecule has 3 rings (SSSR count). The van der Waals surface area contributed by atoms with Crippen molar-refractivity contribution in [3.63, 3.8) is 0 Å². The number of nitro groups is 1. The Balaban J connectivity index is 1.75. The molecular formula is C20H25N5O4. The minimum atomic E-state index is -0.489. The van der Waals surface area contributed by atoms with Crippen LogP contribution in [0.15, 0.2) is 30.6 Å². The SMILES string of the molecule is CC(C)COC(=O)c1ccc(Nc2ncnc(NC3CCCC3)c2[N+](=O)[O-])cc1. The van der Waals surface area contributed by atoms with Gasteiger partial charge in [-0.3, -0.25) is 10.1 Å². The van der Waals surface area contributed by atoms with Crippen molar-refractivity contribution in [2.45, 2.75) is 45.6 Å². The Hall–Kier alpha value is -3.23. The highest BCUT2D eigenvalue weighted by atomic mass is 16.6. The smallest absolute Gasteiger partial charge is 0.353 e. The molecule has 1 aliphatic rings. The average Bonchev–Trinajstić information content (AvgIpc) is 3.19. The number of ether oxygens (including phenoxy) is 1. The van der Waals surface area contributed by atoms with E-state index in [1.165, 1.54) is 6.33 Å². The molecule has 154 valence electrons. The van der Waals surface area contributed by atoms with Gasteiger partial charge in [-0.25, -0.2) is 14.8 Å². The minimum Gasteiger partial charge on any atom is -0.462 e. The van der Waals surface area contributed by atoms with Gasteiger partial charge in [0.25, 0.3) is 0 Å². The minimum absolute atomic E-state index is 0.0978. The van der Waals surface area contributed by atoms with E-state index in [-0.39, 0.29) is 29.3 Å². The highest BCUT2D eigenvalue weighted by Gasteiger charge is 2.26. The maximum Gasteiger partial charge on any atom is 0.353 e. The molecule has 0 amide bonds. The highest BCUT2D eigenvalue weighted by molar-refractivity contribution is 5.90. The number of carbonyl (C=O) groups excluding carboxylic acids is 1. The summed E-state index contributed by atoms with van der Waals surface area (Å²) in [5.41, 5.74) is 0.788. The predicted molar refractivity (Wildman–Crippen MR) is 109 cm³/mol. The van der Waals surface area contributed by atoms with Crippen LogP contribution in [0.1, 0.15) is 49.9 Å². The van der Waals surface area contributed by atoms with Gasteiger partial charge in [-0.1, -0.05) is 26.7 Å². The van der Waals surface area contributed by atoms with Crippen molar-refractivity contribution in [3.8, 4) is 0 Å². The molecule has 0 unspecified atom stereocenters. The lowest BCUT2D eigenvalue weighted by molar-refractivity contribution is -0.383. The van der Waals surface area contributed by atoms with Crippen LogP contribution in [0, 0.1) is 16.0 Å². The fraction of sp³-hybridized carbons (Fsp3) is 0.450. The largest absolute Gasteiger partial charge is 0.462 e. The van der Waals surface area contributed by atoms with E-state index in [0.717, 1.165) is 25.7 Å². The van der Waals surface area contributed by atoms with Crippen molar-refractivity contribution < 1.29 is 14.5 Å². The van der Waals surface area contributed by atoms with Crippen molar-refractivity contribution in [1.29, 1.82) is 0 Å². The first-order valence-electron chi connectivity index (χ1n) is 9.74. The van der Waals surface area contributed by atoms with Gasteiger partial charge >= 0.3 is 11.7 Å². The number of hydrogen-bond donors (Lipinski definition) is 2. The van der Waals surface area contributed by atoms with Crippen LogP contribution >= 0.6 is 0 Å². The van der Waals surface area contributed by atoms with E-state index < -0.39 is 10.9 Å². The summed E-state index contributed by atoms with van der Waals surface area (Å²) in [5, 5.41) is 17.8. The summed E-state index contributed by atoms with van der Waals surface area (Å²) >= 11 is 0. The Kier molecular flexibility index (Phi) is 6.58. The van der Waals surface area contributed by atoms with Crippen molar-refractivity contribution in [3.05, 3.63) is 46.3 Å². The molecule has 1 fully saturated rings. The summed E-state index contributed by atoms with van der Waals surface area (Å²) in [6.07, 6.45) is 5.45. The maximum atomic E-state index is 12.0. The van der Waals surface area contributed by atoms with E-state index >= 15 is 0 Å². The van der Waals surface area contributed by atoms with Crippen LogP contribution in [0.2, 0.25) is 0 Å². The highest BCUT2D eigenvalue weighted by Crippen LogP contribution is 2.33. The molecule has 1 heterocycles. The van der Waals surface area contributed by atoms with Crippen molar-refractivity contribution >= 4 is 29.0 Å². The standard InChI is InChI=1S/C20H25N5O4/c1-13(2)11-29-20(26)14-7-9-16(10-8-14)24-19-17(25(27)28)18(21-12-22-19)23-15-5-3-4-6-15/h7-10,12-13,15H,3-6,11H2,1-2H3,(H2,21,22,23,24). The number of carbonyl (C=O) groups is 1. The van der Waals surface area contributed by atoms with Crippen LogP contribution in [-0.2, 0) is 4.74 Å². The Labute approximate surface area is 169 Å². The molecule has 0 saturated heterocycles. The molecule has 9 nitrogen and oxygen atoms in total. The molecule has 0 radical (unpaired) electrons. The molecule has 29 heavy (non-hydrogen) atoms. The molecule has 0 atom stereocenters. The molecule has 2 N–H and O–H groups in total. The number of benzene rings is 1. The van der Waals surface area contributed by atoms with Crippen molar-refractivity contribution in [2.75, 3.05) is 17.2 Å². The van der Waals surface area contributed by atoms with E-state index in [1.54, 1.807) is 24.3 Å². The lowest BCUT2D eigenvalue weighted by atomic mass is 10.2. The van der Waals surface area contributed by atoms with Crippen molar-refractivity contribution in [2.24, 2.45) is 5.92 Å². The molecule has 1 aromatic carbocycles. The monoisotopic (exact) mass is 399 g/mol. The summed E-state index contributed by atoms with van der Waals surface area (Å²) in [7, 11) is 0. The Morgan fingerprint density at radius 3 is 2.48 bits per heavy atom. The van der Waals surface area contributed by atoms with Gasteiger partial charge in [-0.2, -0.15) is 0 Å². The summed E-state index contributed by atoms with van der Waals surface area (Å²) in [4.78, 5) is 31.3. The number of nitrogens with one attached hydrogen (secondary N) is 2. The van der Waals surface area contributed by atoms with E-state index in [2.05, 4.69) is 20.6 Å². The molecular weight excluding hydrogens is 374 g/mol. The summed E-state index contributed by atoms with van der Waals surface area (Å²) in [6.45, 7) is 4.28. The lowest BCUT2D eigenvalue weighted by Gasteiger charge is -2.14. The lowest BCUT2D eigenvalue weighted by Crippen LogP contribution is -2.17. The quantitative estimate of drug-likeness (QED) is 0.383. The third-order valence-corrected chi connectivity index (χ3v) is 4.63. The first-order chi connectivity index (χ1) is 13.9. The predicted octanol–water partition coefficient (Wildman–Crippen LogP) is 4.30. The van der Waals surface area contributed by atoms with Crippen LogP contribution < -0.4 is 10.6 Å². The molecule has 9 heteroatoms. The molecule has 0 bridgehead atoms. The fourth-order valence-electron chi connectivity index (χ4n) is 3.16. The van der Waals surface area contributed by atoms with Crippen LogP contribution in [0.5, 0.6) is 0 Å². The Morgan fingerprint density at radius 2 is 1.86 bits per heavy atom. The van der Waals surface area contributed by atoms with Gasteiger partial charge in [0, 0.05) is 11.7 Å². The second-order valence-electron chi connectivity index (χ2n) is 7.50. The van der Waals surface area contributed by atoms with Gasteiger partial charge in [0.05, 0.1) is 17.1 Å². The maximum absolute atomic E-state index is 12.0.